The second-order valence-corrected chi connectivity index (χ2v) is 9.30. The SMILES string of the molecule is CN1CCN(CCN=C(N)Nc2cc(C(C)(C)c3ccc(-c4ccccc4)c(F)c3)no2)CC1. The van der Waals surface area contributed by atoms with Crippen molar-refractivity contribution in [3.8, 4) is 11.1 Å². The van der Waals surface area contributed by atoms with Gasteiger partial charge in [-0.2, -0.15) is 0 Å². The summed E-state index contributed by atoms with van der Waals surface area (Å²) < 4.78 is 20.4. The highest BCUT2D eigenvalue weighted by molar-refractivity contribution is 5.91. The van der Waals surface area contributed by atoms with Crippen LogP contribution in [0.1, 0.15) is 25.1 Å². The van der Waals surface area contributed by atoms with Crippen LogP contribution in [0.25, 0.3) is 11.1 Å². The number of likely N-dealkylation sites (N-methyl/N-ethyl adjacent to an activating group) is 1. The van der Waals surface area contributed by atoms with Crippen molar-refractivity contribution >= 4 is 11.8 Å². The standard InChI is InChI=1S/C26H33FN6O/c1-26(2,20-9-10-21(22(27)17-20)19-7-5-4-6-8-19)23-18-24(34-31-23)30-25(28)29-11-12-33-15-13-32(3)14-16-33/h4-10,17-18H,11-16H2,1-3H3,(H3,28,29,30). The number of anilines is 1. The van der Waals surface area contributed by atoms with Gasteiger partial charge in [-0.05, 0) is 24.2 Å². The van der Waals surface area contributed by atoms with Gasteiger partial charge in [0.05, 0.1) is 12.2 Å². The molecule has 0 spiro atoms. The normalized spacial score (nSPS) is 16.1. The minimum atomic E-state index is -0.563. The highest BCUT2D eigenvalue weighted by Crippen LogP contribution is 2.34. The number of nitrogens with one attached hydrogen (secondary N) is 1. The van der Waals surface area contributed by atoms with Crippen molar-refractivity contribution in [2.75, 3.05) is 51.6 Å². The van der Waals surface area contributed by atoms with E-state index in [4.69, 9.17) is 10.3 Å². The minimum Gasteiger partial charge on any atom is -0.370 e. The highest BCUT2D eigenvalue weighted by Gasteiger charge is 2.28. The molecule has 1 aliphatic rings. The van der Waals surface area contributed by atoms with E-state index in [1.165, 1.54) is 0 Å². The lowest BCUT2D eigenvalue weighted by molar-refractivity contribution is 0.157. The topological polar surface area (TPSA) is 82.9 Å². The number of nitrogens with zero attached hydrogens (tertiary/aromatic N) is 4. The third-order valence-corrected chi connectivity index (χ3v) is 6.47. The Bertz CT molecular complexity index is 1120. The molecular weight excluding hydrogens is 431 g/mol. The Hall–Kier alpha value is -3.23. The van der Waals surface area contributed by atoms with Crippen molar-refractivity contribution in [3.05, 3.63) is 71.7 Å². The summed E-state index contributed by atoms with van der Waals surface area (Å²) in [6, 6.07) is 16.6. The van der Waals surface area contributed by atoms with Crippen molar-refractivity contribution in [3.63, 3.8) is 0 Å². The van der Waals surface area contributed by atoms with Gasteiger partial charge in [-0.25, -0.2) is 4.39 Å². The van der Waals surface area contributed by atoms with E-state index < -0.39 is 5.41 Å². The maximum Gasteiger partial charge on any atom is 0.231 e. The van der Waals surface area contributed by atoms with E-state index in [9.17, 15) is 4.39 Å². The molecule has 2 heterocycles. The van der Waals surface area contributed by atoms with Gasteiger partial charge in [0.25, 0.3) is 0 Å². The Morgan fingerprint density at radius 2 is 1.85 bits per heavy atom. The molecule has 4 rings (SSSR count). The van der Waals surface area contributed by atoms with E-state index >= 15 is 0 Å². The van der Waals surface area contributed by atoms with Crippen molar-refractivity contribution in [2.24, 2.45) is 10.7 Å². The third-order valence-electron chi connectivity index (χ3n) is 6.47. The Labute approximate surface area is 200 Å². The Morgan fingerprint density at radius 3 is 2.56 bits per heavy atom. The number of hydrogen-bond donors (Lipinski definition) is 2. The van der Waals surface area contributed by atoms with E-state index in [-0.39, 0.29) is 11.8 Å². The van der Waals surface area contributed by atoms with Crippen LogP contribution in [0.15, 0.2) is 64.1 Å². The summed E-state index contributed by atoms with van der Waals surface area (Å²) in [6.45, 7) is 9.70. The second kappa shape index (κ2) is 10.4. The molecule has 180 valence electrons. The van der Waals surface area contributed by atoms with Gasteiger partial charge in [-0.1, -0.05) is 61.5 Å². The molecular formula is C26H33FN6O. The number of aliphatic imine (C=N–C) groups is 1. The fourth-order valence-corrected chi connectivity index (χ4v) is 4.08. The fourth-order valence-electron chi connectivity index (χ4n) is 4.08. The van der Waals surface area contributed by atoms with E-state index in [2.05, 4.69) is 32.3 Å². The van der Waals surface area contributed by atoms with Gasteiger partial charge in [0.2, 0.25) is 5.88 Å². The van der Waals surface area contributed by atoms with Crippen LogP contribution in [-0.2, 0) is 5.41 Å². The van der Waals surface area contributed by atoms with Gasteiger partial charge >= 0.3 is 0 Å². The number of halogens is 1. The first kappa shape index (κ1) is 23.9. The molecule has 0 bridgehead atoms. The molecule has 1 aliphatic heterocycles. The first-order valence-electron chi connectivity index (χ1n) is 11.6. The summed E-state index contributed by atoms with van der Waals surface area (Å²) in [5.41, 5.74) is 8.37. The van der Waals surface area contributed by atoms with E-state index in [1.807, 2.05) is 56.3 Å². The van der Waals surface area contributed by atoms with Gasteiger partial charge in [0, 0.05) is 49.8 Å². The zero-order valence-electron chi connectivity index (χ0n) is 20.1. The molecule has 0 atom stereocenters. The van der Waals surface area contributed by atoms with Crippen LogP contribution in [0.5, 0.6) is 0 Å². The predicted octanol–water partition coefficient (Wildman–Crippen LogP) is 3.78. The number of nitrogens with two attached hydrogens (primary N) is 1. The van der Waals surface area contributed by atoms with Crippen molar-refractivity contribution in [1.29, 1.82) is 0 Å². The average molecular weight is 465 g/mol. The van der Waals surface area contributed by atoms with E-state index in [0.29, 0.717) is 23.7 Å². The number of hydrogen-bond acceptors (Lipinski definition) is 5. The molecule has 3 aromatic rings. The van der Waals surface area contributed by atoms with Gasteiger partial charge < -0.3 is 15.2 Å². The maximum absolute atomic E-state index is 14.9. The molecule has 1 fully saturated rings. The van der Waals surface area contributed by atoms with Crippen LogP contribution in [0.4, 0.5) is 10.3 Å². The maximum atomic E-state index is 14.9. The smallest absolute Gasteiger partial charge is 0.231 e. The van der Waals surface area contributed by atoms with Gasteiger partial charge in [0.15, 0.2) is 5.96 Å². The summed E-state index contributed by atoms with van der Waals surface area (Å²) in [5, 5.41) is 7.18. The van der Waals surface area contributed by atoms with Gasteiger partial charge in [0.1, 0.15) is 5.82 Å². The second-order valence-electron chi connectivity index (χ2n) is 9.30. The highest BCUT2D eigenvalue weighted by atomic mass is 19.1. The molecule has 7 nitrogen and oxygen atoms in total. The van der Waals surface area contributed by atoms with Crippen molar-refractivity contribution in [2.45, 2.75) is 19.3 Å². The molecule has 0 amide bonds. The lowest BCUT2D eigenvalue weighted by Crippen LogP contribution is -2.45. The predicted molar refractivity (Wildman–Crippen MR) is 135 cm³/mol. The van der Waals surface area contributed by atoms with Crippen LogP contribution >= 0.6 is 0 Å². The fraction of sp³-hybridized carbons (Fsp3) is 0.385. The number of aromatic nitrogens is 1. The Morgan fingerprint density at radius 1 is 1.12 bits per heavy atom. The first-order valence-corrected chi connectivity index (χ1v) is 11.6. The lowest BCUT2D eigenvalue weighted by atomic mass is 9.81. The molecule has 0 aliphatic carbocycles. The summed E-state index contributed by atoms with van der Waals surface area (Å²) in [5.74, 6) is 0.425. The first-order chi connectivity index (χ1) is 16.3. The number of benzene rings is 2. The zero-order chi connectivity index (χ0) is 24.1. The van der Waals surface area contributed by atoms with Crippen LogP contribution in [0.2, 0.25) is 0 Å². The van der Waals surface area contributed by atoms with Crippen molar-refractivity contribution < 1.29 is 8.91 Å². The van der Waals surface area contributed by atoms with E-state index in [0.717, 1.165) is 43.9 Å². The number of piperazine rings is 1. The molecule has 3 N–H and O–H groups in total. The van der Waals surface area contributed by atoms with Crippen LogP contribution in [0, 0.1) is 5.82 Å². The summed E-state index contributed by atoms with van der Waals surface area (Å²) >= 11 is 0. The minimum absolute atomic E-state index is 0.268. The molecule has 1 saturated heterocycles. The summed E-state index contributed by atoms with van der Waals surface area (Å²) in [4.78, 5) is 9.11. The zero-order valence-corrected chi connectivity index (χ0v) is 20.1. The molecule has 8 heteroatoms. The van der Waals surface area contributed by atoms with Crippen LogP contribution in [0.3, 0.4) is 0 Å². The Balaban J connectivity index is 1.39. The summed E-state index contributed by atoms with van der Waals surface area (Å²) in [7, 11) is 2.14. The quantitative estimate of drug-likeness (QED) is 0.409. The van der Waals surface area contributed by atoms with Crippen LogP contribution in [-0.4, -0.2) is 67.2 Å². The molecule has 1 aromatic heterocycles. The lowest BCUT2D eigenvalue weighted by Gasteiger charge is -2.31. The van der Waals surface area contributed by atoms with Crippen LogP contribution < -0.4 is 11.1 Å². The molecule has 0 unspecified atom stereocenters. The monoisotopic (exact) mass is 464 g/mol. The summed E-state index contributed by atoms with van der Waals surface area (Å²) in [6.07, 6.45) is 0. The van der Waals surface area contributed by atoms with Gasteiger partial charge in [-0.3, -0.25) is 15.2 Å². The Kier molecular flexibility index (Phi) is 7.29. The van der Waals surface area contributed by atoms with Crippen molar-refractivity contribution in [1.82, 2.24) is 15.0 Å². The molecule has 2 aromatic carbocycles. The average Bonchev–Trinajstić information content (AvgIpc) is 3.30. The van der Waals surface area contributed by atoms with E-state index in [1.54, 1.807) is 12.1 Å². The number of rotatable bonds is 7. The number of guanidine groups is 1. The largest absolute Gasteiger partial charge is 0.370 e. The van der Waals surface area contributed by atoms with Gasteiger partial charge in [-0.15, -0.1) is 0 Å². The third kappa shape index (κ3) is 5.63. The molecule has 0 radical (unpaired) electrons. The molecule has 34 heavy (non-hydrogen) atoms. The molecule has 0 saturated carbocycles.